The zero-order valence-electron chi connectivity index (χ0n) is 20.0. The van der Waals surface area contributed by atoms with Crippen molar-refractivity contribution in [1.82, 2.24) is 4.90 Å². The van der Waals surface area contributed by atoms with E-state index in [0.29, 0.717) is 56.1 Å². The van der Waals surface area contributed by atoms with Gasteiger partial charge < -0.3 is 14.8 Å². The van der Waals surface area contributed by atoms with Crippen molar-refractivity contribution in [2.45, 2.75) is 45.5 Å². The van der Waals surface area contributed by atoms with Gasteiger partial charge >= 0.3 is 12.0 Å². The van der Waals surface area contributed by atoms with E-state index < -0.39 is 11.7 Å². The fourth-order valence-electron chi connectivity index (χ4n) is 4.15. The number of hydrogen-bond acceptors (Lipinski definition) is 4. The number of aromatic nitrogens is 1. The van der Waals surface area contributed by atoms with Crippen LogP contribution >= 0.6 is 0 Å². The van der Waals surface area contributed by atoms with Crippen LogP contribution < -0.4 is 14.8 Å². The summed E-state index contributed by atoms with van der Waals surface area (Å²) in [6, 6.07) is 14.4. The first-order valence-corrected chi connectivity index (χ1v) is 11.8. The number of carbonyl (C=O) groups is 1. The fourth-order valence-corrected chi connectivity index (χ4v) is 4.15. The summed E-state index contributed by atoms with van der Waals surface area (Å²) in [5.74, 6) is 1.28. The van der Waals surface area contributed by atoms with E-state index in [9.17, 15) is 23.2 Å². The number of ether oxygens (including phenoxy) is 1. The Morgan fingerprint density at radius 3 is 2.58 bits per heavy atom. The number of anilines is 1. The van der Waals surface area contributed by atoms with Crippen molar-refractivity contribution in [3.05, 3.63) is 88.6 Å². The van der Waals surface area contributed by atoms with E-state index in [1.807, 2.05) is 37.3 Å². The molecule has 190 valence electrons. The molecule has 0 atom stereocenters. The second kappa shape index (κ2) is 10.9. The van der Waals surface area contributed by atoms with E-state index in [1.54, 1.807) is 11.1 Å². The Morgan fingerprint density at radius 2 is 1.83 bits per heavy atom. The van der Waals surface area contributed by atoms with Crippen LogP contribution in [0.3, 0.4) is 0 Å². The Labute approximate surface area is 207 Å². The van der Waals surface area contributed by atoms with Crippen LogP contribution in [0.15, 0.2) is 60.8 Å². The van der Waals surface area contributed by atoms with E-state index in [4.69, 9.17) is 4.74 Å². The highest BCUT2D eigenvalue weighted by Crippen LogP contribution is 2.30. The topological polar surface area (TPSA) is 65.7 Å². The Bertz CT molecular complexity index is 1210. The lowest BCUT2D eigenvalue weighted by molar-refractivity contribution is -0.893. The van der Waals surface area contributed by atoms with Gasteiger partial charge in [-0.1, -0.05) is 22.9 Å². The van der Waals surface area contributed by atoms with Crippen molar-refractivity contribution >= 4 is 11.7 Å². The summed E-state index contributed by atoms with van der Waals surface area (Å²) in [6.45, 7) is 3.65. The number of benzene rings is 2. The van der Waals surface area contributed by atoms with Crippen molar-refractivity contribution in [2.75, 3.05) is 18.5 Å². The van der Waals surface area contributed by atoms with Crippen LogP contribution in [0, 0.1) is 6.92 Å². The molecular formula is C27H29F3N3O3+. The summed E-state index contributed by atoms with van der Waals surface area (Å²) in [7, 11) is 0. The molecule has 1 aliphatic rings. The van der Waals surface area contributed by atoms with Crippen molar-refractivity contribution in [1.29, 1.82) is 0 Å². The van der Waals surface area contributed by atoms with Gasteiger partial charge in [0.25, 0.3) is 0 Å². The van der Waals surface area contributed by atoms with Crippen LogP contribution in [0.2, 0.25) is 0 Å². The summed E-state index contributed by atoms with van der Waals surface area (Å²) in [6.07, 6.45) is -1.13. The van der Waals surface area contributed by atoms with Crippen molar-refractivity contribution in [3.63, 3.8) is 0 Å². The van der Waals surface area contributed by atoms with Crippen LogP contribution in [-0.4, -0.2) is 29.2 Å². The third-order valence-electron chi connectivity index (χ3n) is 6.14. The molecule has 6 nitrogen and oxygen atoms in total. The van der Waals surface area contributed by atoms with Gasteiger partial charge in [0.1, 0.15) is 11.9 Å². The number of amides is 1. The van der Waals surface area contributed by atoms with Gasteiger partial charge in [0.15, 0.2) is 0 Å². The SMILES string of the molecule is Cc1cc[n+](O)c(NCCCOc2ccc3c(c2)CN(Cc2ccc(C(F)(F)F)cc2)C(=O)CC3)c1. The summed E-state index contributed by atoms with van der Waals surface area (Å²) in [5.41, 5.74) is 3.03. The molecule has 3 aromatic rings. The van der Waals surface area contributed by atoms with Gasteiger partial charge in [0.05, 0.1) is 18.7 Å². The minimum atomic E-state index is -4.39. The summed E-state index contributed by atoms with van der Waals surface area (Å²) in [5, 5.41) is 13.0. The average Bonchev–Trinajstić information content (AvgIpc) is 2.99. The number of fused-ring (bicyclic) bond motifs is 1. The molecule has 1 aromatic heterocycles. The van der Waals surface area contributed by atoms with Crippen LogP contribution in [0.25, 0.3) is 0 Å². The van der Waals surface area contributed by atoms with E-state index in [2.05, 4.69) is 5.32 Å². The molecule has 0 fully saturated rings. The lowest BCUT2D eigenvalue weighted by Crippen LogP contribution is -2.34. The molecule has 2 aromatic carbocycles. The molecule has 2 N–H and O–H groups in total. The number of carbonyl (C=O) groups excluding carboxylic acids is 1. The van der Waals surface area contributed by atoms with Crippen LogP contribution in [-0.2, 0) is 30.5 Å². The molecule has 9 heteroatoms. The molecule has 1 amide bonds. The quantitative estimate of drug-likeness (QED) is 0.263. The zero-order valence-corrected chi connectivity index (χ0v) is 20.0. The number of aryl methyl sites for hydroxylation is 2. The molecule has 1 aliphatic heterocycles. The maximum atomic E-state index is 12.8. The lowest BCUT2D eigenvalue weighted by Gasteiger charge is -2.22. The highest BCUT2D eigenvalue weighted by Gasteiger charge is 2.30. The molecule has 4 rings (SSSR count). The largest absolute Gasteiger partial charge is 0.493 e. The molecule has 0 saturated carbocycles. The summed E-state index contributed by atoms with van der Waals surface area (Å²) in [4.78, 5) is 14.4. The number of alkyl halides is 3. The van der Waals surface area contributed by atoms with E-state index >= 15 is 0 Å². The predicted octanol–water partition coefficient (Wildman–Crippen LogP) is 4.89. The molecule has 0 bridgehead atoms. The maximum absolute atomic E-state index is 12.8. The van der Waals surface area contributed by atoms with Gasteiger partial charge in [-0.25, -0.2) is 0 Å². The van der Waals surface area contributed by atoms with Gasteiger partial charge in [0, 0.05) is 32.0 Å². The van der Waals surface area contributed by atoms with Gasteiger partial charge in [-0.15, -0.1) is 0 Å². The second-order valence-electron chi connectivity index (χ2n) is 8.94. The third kappa shape index (κ3) is 6.47. The molecule has 0 aliphatic carbocycles. The molecule has 0 spiro atoms. The standard InChI is InChI=1S/C27H28F3N3O3/c1-19-11-13-33(35)25(15-19)31-12-2-14-36-24-9-5-21-6-10-26(34)32(18-22(21)16-24)17-20-3-7-23(8-4-20)27(28,29)30/h3-5,7-9,11,13,15-16,35H,2,6,10,12,14,17-18H2,1H3/p+1. The van der Waals surface area contributed by atoms with Gasteiger partial charge in [0.2, 0.25) is 5.91 Å². The predicted molar refractivity (Wildman–Crippen MR) is 128 cm³/mol. The minimum Gasteiger partial charge on any atom is -0.493 e. The number of pyridine rings is 1. The molecule has 0 saturated heterocycles. The maximum Gasteiger partial charge on any atom is 0.416 e. The Morgan fingerprint density at radius 1 is 1.06 bits per heavy atom. The van der Waals surface area contributed by atoms with Gasteiger partial charge in [-0.2, -0.15) is 13.2 Å². The van der Waals surface area contributed by atoms with Crippen molar-refractivity contribution in [3.8, 4) is 5.75 Å². The lowest BCUT2D eigenvalue weighted by atomic mass is 10.0. The first-order chi connectivity index (χ1) is 17.2. The van der Waals surface area contributed by atoms with Crippen molar-refractivity contribution in [2.24, 2.45) is 0 Å². The second-order valence-corrected chi connectivity index (χ2v) is 8.94. The molecule has 0 radical (unpaired) electrons. The fraction of sp³-hybridized carbons (Fsp3) is 0.333. The molecule has 36 heavy (non-hydrogen) atoms. The minimum absolute atomic E-state index is 0.0306. The summed E-state index contributed by atoms with van der Waals surface area (Å²) < 4.78 is 45.5. The van der Waals surface area contributed by atoms with E-state index in [1.165, 1.54) is 12.1 Å². The highest BCUT2D eigenvalue weighted by atomic mass is 19.4. The Hall–Kier alpha value is -3.75. The van der Waals surface area contributed by atoms with E-state index in [-0.39, 0.29) is 12.5 Å². The number of nitrogens with one attached hydrogen (secondary N) is 1. The van der Waals surface area contributed by atoms with Crippen LogP contribution in [0.1, 0.15) is 40.7 Å². The zero-order chi connectivity index (χ0) is 25.7. The Kier molecular flexibility index (Phi) is 7.67. The highest BCUT2D eigenvalue weighted by molar-refractivity contribution is 5.77. The number of nitrogens with zero attached hydrogens (tertiary/aromatic N) is 2. The molecule has 2 heterocycles. The van der Waals surface area contributed by atoms with Gasteiger partial charge in [-0.3, -0.25) is 10.1 Å². The first kappa shape index (κ1) is 25.3. The number of halogens is 3. The number of rotatable bonds is 8. The monoisotopic (exact) mass is 500 g/mol. The van der Waals surface area contributed by atoms with Crippen LogP contribution in [0.5, 0.6) is 5.75 Å². The molecular weight excluding hydrogens is 471 g/mol. The van der Waals surface area contributed by atoms with E-state index in [0.717, 1.165) is 33.6 Å². The van der Waals surface area contributed by atoms with Crippen molar-refractivity contribution < 1.29 is 32.6 Å². The normalized spacial score (nSPS) is 13.8. The number of hydrogen-bond donors (Lipinski definition) is 2. The average molecular weight is 501 g/mol. The van der Waals surface area contributed by atoms with Gasteiger partial charge in [-0.05, 0) is 65.9 Å². The molecule has 0 unspecified atom stereocenters. The van der Waals surface area contributed by atoms with Crippen LogP contribution in [0.4, 0.5) is 19.0 Å². The first-order valence-electron chi connectivity index (χ1n) is 11.8. The Balaban J connectivity index is 1.33. The third-order valence-corrected chi connectivity index (χ3v) is 6.14. The summed E-state index contributed by atoms with van der Waals surface area (Å²) >= 11 is 0. The smallest absolute Gasteiger partial charge is 0.416 e.